The first-order chi connectivity index (χ1) is 7.66. The van der Waals surface area contributed by atoms with E-state index in [1.54, 1.807) is 6.07 Å². The summed E-state index contributed by atoms with van der Waals surface area (Å²) in [4.78, 5) is 7.64. The lowest BCUT2D eigenvalue weighted by Gasteiger charge is -2.08. The predicted octanol–water partition coefficient (Wildman–Crippen LogP) is 3.27. The van der Waals surface area contributed by atoms with Crippen LogP contribution in [0.2, 0.25) is 5.28 Å². The molecule has 0 unspecified atom stereocenters. The Morgan fingerprint density at radius 3 is 2.81 bits per heavy atom. The van der Waals surface area contributed by atoms with Gasteiger partial charge in [-0.3, -0.25) is 0 Å². The summed E-state index contributed by atoms with van der Waals surface area (Å²) in [5.41, 5.74) is 6.00. The Morgan fingerprint density at radius 2 is 2.06 bits per heavy atom. The predicted molar refractivity (Wildman–Crippen MR) is 65.7 cm³/mol. The largest absolute Gasteiger partial charge is 0.436 e. The van der Waals surface area contributed by atoms with Crippen LogP contribution >= 0.6 is 27.5 Å². The number of hydrogen-bond donors (Lipinski definition) is 1. The number of ether oxygens (including phenoxy) is 1. The number of nitrogens with zero attached hydrogens (tertiary/aromatic N) is 2. The highest BCUT2D eigenvalue weighted by atomic mass is 79.9. The molecular formula is C10H7BrClN3O. The van der Waals surface area contributed by atoms with E-state index in [2.05, 4.69) is 25.9 Å². The summed E-state index contributed by atoms with van der Waals surface area (Å²) in [7, 11) is 0. The lowest BCUT2D eigenvalue weighted by Crippen LogP contribution is -1.97. The first kappa shape index (κ1) is 11.2. The van der Waals surface area contributed by atoms with E-state index in [4.69, 9.17) is 22.1 Å². The van der Waals surface area contributed by atoms with Gasteiger partial charge in [0.2, 0.25) is 11.2 Å². The van der Waals surface area contributed by atoms with Crippen LogP contribution in [0.5, 0.6) is 11.6 Å². The zero-order valence-corrected chi connectivity index (χ0v) is 10.4. The van der Waals surface area contributed by atoms with E-state index in [0.29, 0.717) is 11.4 Å². The van der Waals surface area contributed by atoms with Gasteiger partial charge in [-0.1, -0.05) is 12.1 Å². The molecule has 0 bridgehead atoms. The number of nitrogen functional groups attached to an aromatic ring is 1. The number of rotatable bonds is 2. The summed E-state index contributed by atoms with van der Waals surface area (Å²) < 4.78 is 6.32. The Kier molecular flexibility index (Phi) is 3.26. The summed E-state index contributed by atoms with van der Waals surface area (Å²) in [6.07, 6.45) is 1.40. The Hall–Kier alpha value is -1.33. The standard InChI is InChI=1S/C10H7BrClN3O/c11-6-3-1-2-4-8(6)16-9-7(13)5-14-10(12)15-9/h1-5H,13H2. The van der Waals surface area contributed by atoms with Crippen molar-refractivity contribution in [3.63, 3.8) is 0 Å². The van der Waals surface area contributed by atoms with Gasteiger partial charge in [0.25, 0.3) is 0 Å². The van der Waals surface area contributed by atoms with Gasteiger partial charge in [0.15, 0.2) is 0 Å². The zero-order chi connectivity index (χ0) is 11.5. The molecule has 0 saturated heterocycles. The van der Waals surface area contributed by atoms with Crippen molar-refractivity contribution < 1.29 is 4.74 Å². The third kappa shape index (κ3) is 2.43. The topological polar surface area (TPSA) is 61.0 Å². The highest BCUT2D eigenvalue weighted by Crippen LogP contribution is 2.30. The molecule has 0 atom stereocenters. The molecule has 4 nitrogen and oxygen atoms in total. The molecule has 1 aromatic carbocycles. The second-order valence-corrected chi connectivity index (χ2v) is 4.12. The number of halogens is 2. The van der Waals surface area contributed by atoms with Crippen LogP contribution in [0.3, 0.4) is 0 Å². The number of aromatic nitrogens is 2. The maximum Gasteiger partial charge on any atom is 0.247 e. The molecule has 2 N–H and O–H groups in total. The van der Waals surface area contributed by atoms with Crippen LogP contribution in [0.1, 0.15) is 0 Å². The van der Waals surface area contributed by atoms with Crippen molar-refractivity contribution in [2.45, 2.75) is 0 Å². The van der Waals surface area contributed by atoms with Crippen LogP contribution in [0.15, 0.2) is 34.9 Å². The number of nitrogens with two attached hydrogens (primary N) is 1. The van der Waals surface area contributed by atoms with Crippen molar-refractivity contribution in [2.24, 2.45) is 0 Å². The van der Waals surface area contributed by atoms with Gasteiger partial charge < -0.3 is 10.5 Å². The molecule has 16 heavy (non-hydrogen) atoms. The van der Waals surface area contributed by atoms with Gasteiger partial charge in [0.05, 0.1) is 10.7 Å². The van der Waals surface area contributed by atoms with Crippen LogP contribution in [-0.4, -0.2) is 9.97 Å². The fourth-order valence-corrected chi connectivity index (χ4v) is 1.56. The first-order valence-electron chi connectivity index (χ1n) is 4.37. The molecular weight excluding hydrogens is 293 g/mol. The third-order valence-corrected chi connectivity index (χ3v) is 2.63. The molecule has 0 aliphatic rings. The van der Waals surface area contributed by atoms with E-state index in [1.807, 2.05) is 18.2 Å². The van der Waals surface area contributed by atoms with Crippen LogP contribution < -0.4 is 10.5 Å². The fraction of sp³-hybridized carbons (Fsp3) is 0. The molecule has 82 valence electrons. The van der Waals surface area contributed by atoms with Crippen molar-refractivity contribution in [2.75, 3.05) is 5.73 Å². The summed E-state index contributed by atoms with van der Waals surface area (Å²) in [5.74, 6) is 0.857. The van der Waals surface area contributed by atoms with E-state index in [9.17, 15) is 0 Å². The molecule has 0 amide bonds. The Balaban J connectivity index is 2.34. The van der Waals surface area contributed by atoms with Gasteiger partial charge in [-0.15, -0.1) is 0 Å². The summed E-state index contributed by atoms with van der Waals surface area (Å²) in [6, 6.07) is 7.38. The summed E-state index contributed by atoms with van der Waals surface area (Å²) in [6.45, 7) is 0. The van der Waals surface area contributed by atoms with Gasteiger partial charge in [-0.05, 0) is 39.7 Å². The molecule has 0 saturated carbocycles. The van der Waals surface area contributed by atoms with E-state index >= 15 is 0 Å². The van der Waals surface area contributed by atoms with Crippen molar-refractivity contribution in [1.29, 1.82) is 0 Å². The molecule has 1 aromatic heterocycles. The van der Waals surface area contributed by atoms with Crippen LogP contribution in [0, 0.1) is 0 Å². The maximum absolute atomic E-state index is 5.66. The SMILES string of the molecule is Nc1cnc(Cl)nc1Oc1ccccc1Br. The number of anilines is 1. The molecule has 2 aromatic rings. The van der Waals surface area contributed by atoms with Crippen molar-refractivity contribution >= 4 is 33.2 Å². The monoisotopic (exact) mass is 299 g/mol. The highest BCUT2D eigenvalue weighted by Gasteiger charge is 2.07. The number of benzene rings is 1. The Morgan fingerprint density at radius 1 is 1.31 bits per heavy atom. The molecule has 2 rings (SSSR count). The molecule has 0 aliphatic carbocycles. The van der Waals surface area contributed by atoms with Crippen LogP contribution in [-0.2, 0) is 0 Å². The van der Waals surface area contributed by atoms with E-state index in [-0.39, 0.29) is 11.2 Å². The minimum Gasteiger partial charge on any atom is -0.436 e. The van der Waals surface area contributed by atoms with E-state index in [0.717, 1.165) is 4.47 Å². The first-order valence-corrected chi connectivity index (χ1v) is 5.54. The molecule has 0 aliphatic heterocycles. The average molecular weight is 301 g/mol. The molecule has 0 radical (unpaired) electrons. The van der Waals surface area contributed by atoms with Gasteiger partial charge in [0, 0.05) is 0 Å². The third-order valence-electron chi connectivity index (χ3n) is 1.79. The Bertz CT molecular complexity index is 521. The lowest BCUT2D eigenvalue weighted by molar-refractivity contribution is 0.461. The zero-order valence-electron chi connectivity index (χ0n) is 8.02. The number of para-hydroxylation sites is 1. The second kappa shape index (κ2) is 4.67. The van der Waals surface area contributed by atoms with Crippen LogP contribution in [0.4, 0.5) is 5.69 Å². The molecule has 1 heterocycles. The van der Waals surface area contributed by atoms with Crippen molar-refractivity contribution in [3.05, 3.63) is 40.2 Å². The second-order valence-electron chi connectivity index (χ2n) is 2.93. The lowest BCUT2D eigenvalue weighted by atomic mass is 10.3. The van der Waals surface area contributed by atoms with Gasteiger partial charge in [-0.25, -0.2) is 4.98 Å². The van der Waals surface area contributed by atoms with Gasteiger partial charge >= 0.3 is 0 Å². The summed E-state index contributed by atoms with van der Waals surface area (Å²) in [5, 5.41) is 0.0938. The molecule has 6 heteroatoms. The molecule has 0 spiro atoms. The van der Waals surface area contributed by atoms with E-state index < -0.39 is 0 Å². The average Bonchev–Trinajstić information content (AvgIpc) is 2.27. The van der Waals surface area contributed by atoms with Gasteiger partial charge in [0.1, 0.15) is 11.4 Å². The quantitative estimate of drug-likeness (QED) is 0.865. The minimum absolute atomic E-state index is 0.0938. The smallest absolute Gasteiger partial charge is 0.247 e. The minimum atomic E-state index is 0.0938. The number of hydrogen-bond acceptors (Lipinski definition) is 4. The van der Waals surface area contributed by atoms with Crippen molar-refractivity contribution in [3.8, 4) is 11.6 Å². The molecule has 0 fully saturated rings. The van der Waals surface area contributed by atoms with Crippen molar-refractivity contribution in [1.82, 2.24) is 9.97 Å². The fourth-order valence-electron chi connectivity index (χ4n) is 1.07. The highest BCUT2D eigenvalue weighted by molar-refractivity contribution is 9.10. The maximum atomic E-state index is 5.66. The van der Waals surface area contributed by atoms with Gasteiger partial charge in [-0.2, -0.15) is 4.98 Å². The summed E-state index contributed by atoms with van der Waals surface area (Å²) >= 11 is 9.01. The normalized spacial score (nSPS) is 10.1. The van der Waals surface area contributed by atoms with Crippen LogP contribution in [0.25, 0.3) is 0 Å². The Labute approximate surface area is 106 Å². The van der Waals surface area contributed by atoms with E-state index in [1.165, 1.54) is 6.20 Å².